The van der Waals surface area contributed by atoms with E-state index in [0.717, 1.165) is 5.69 Å². The number of anilines is 1. The fourth-order valence-electron chi connectivity index (χ4n) is 1.79. The van der Waals surface area contributed by atoms with Crippen LogP contribution in [0.3, 0.4) is 0 Å². The van der Waals surface area contributed by atoms with E-state index >= 15 is 0 Å². The van der Waals surface area contributed by atoms with Gasteiger partial charge in [-0.1, -0.05) is 0 Å². The second-order valence-corrected chi connectivity index (χ2v) is 5.86. The van der Waals surface area contributed by atoms with Crippen LogP contribution >= 0.6 is 11.3 Å². The fourth-order valence-corrected chi connectivity index (χ4v) is 2.67. The molecule has 0 amide bonds. The van der Waals surface area contributed by atoms with Gasteiger partial charge in [-0.2, -0.15) is 0 Å². The van der Waals surface area contributed by atoms with E-state index in [1.807, 2.05) is 23.5 Å². The molecular weight excluding hydrogens is 272 g/mol. The largest absolute Gasteiger partial charge is 0.475 e. The smallest absolute Gasteiger partial charge is 0.213 e. The van der Waals surface area contributed by atoms with E-state index in [1.165, 1.54) is 9.75 Å². The second kappa shape index (κ2) is 7.26. The molecule has 0 saturated heterocycles. The molecule has 5 heteroatoms. The number of nitrogens with zero attached hydrogens (tertiary/aromatic N) is 1. The zero-order chi connectivity index (χ0) is 14.4. The summed E-state index contributed by atoms with van der Waals surface area (Å²) >= 11 is 1.81. The van der Waals surface area contributed by atoms with Gasteiger partial charge in [0.15, 0.2) is 0 Å². The molecule has 0 spiro atoms. The highest BCUT2D eigenvalue weighted by Crippen LogP contribution is 2.25. The van der Waals surface area contributed by atoms with Gasteiger partial charge in [0.25, 0.3) is 0 Å². The van der Waals surface area contributed by atoms with Crippen LogP contribution in [0.2, 0.25) is 0 Å². The van der Waals surface area contributed by atoms with E-state index in [9.17, 15) is 0 Å². The van der Waals surface area contributed by atoms with Crippen molar-refractivity contribution in [1.29, 1.82) is 0 Å². The third-order valence-electron chi connectivity index (χ3n) is 2.84. The Kier molecular flexibility index (Phi) is 5.38. The maximum atomic E-state index is 5.43. The molecular formula is C15H20N2O2S. The zero-order valence-electron chi connectivity index (χ0n) is 12.1. The molecule has 108 valence electrons. The summed E-state index contributed by atoms with van der Waals surface area (Å²) in [5.41, 5.74) is 0.989. The molecule has 20 heavy (non-hydrogen) atoms. The maximum absolute atomic E-state index is 5.43. The van der Waals surface area contributed by atoms with Gasteiger partial charge < -0.3 is 14.8 Å². The molecule has 1 N–H and O–H groups in total. The molecule has 2 aromatic rings. The topological polar surface area (TPSA) is 43.4 Å². The molecule has 0 radical (unpaired) electrons. The number of ether oxygens (including phenoxy) is 2. The van der Waals surface area contributed by atoms with Crippen molar-refractivity contribution in [2.24, 2.45) is 0 Å². The minimum Gasteiger partial charge on any atom is -0.475 e. The van der Waals surface area contributed by atoms with Crippen LogP contribution in [0, 0.1) is 6.92 Å². The lowest BCUT2D eigenvalue weighted by molar-refractivity contribution is 0.144. The first-order valence-electron chi connectivity index (χ1n) is 6.59. The average molecular weight is 292 g/mol. The number of pyridine rings is 1. The van der Waals surface area contributed by atoms with Gasteiger partial charge >= 0.3 is 0 Å². The second-order valence-electron chi connectivity index (χ2n) is 4.54. The SMILES string of the molecule is COCCOc1ccc(NC(C)c2ccc(C)s2)cn1. The molecule has 0 fully saturated rings. The van der Waals surface area contributed by atoms with E-state index in [-0.39, 0.29) is 6.04 Å². The first-order chi connectivity index (χ1) is 9.69. The summed E-state index contributed by atoms with van der Waals surface area (Å²) in [5.74, 6) is 0.618. The first kappa shape index (κ1) is 14.8. The van der Waals surface area contributed by atoms with Gasteiger partial charge in [0.1, 0.15) is 6.61 Å². The van der Waals surface area contributed by atoms with E-state index in [4.69, 9.17) is 9.47 Å². The molecule has 2 aromatic heterocycles. The summed E-state index contributed by atoms with van der Waals surface area (Å²) in [5, 5.41) is 3.43. The van der Waals surface area contributed by atoms with Crippen molar-refractivity contribution in [2.75, 3.05) is 25.6 Å². The van der Waals surface area contributed by atoms with Crippen LogP contribution < -0.4 is 10.1 Å². The van der Waals surface area contributed by atoms with Crippen LogP contribution in [0.1, 0.15) is 22.7 Å². The number of methoxy groups -OCH3 is 1. The van der Waals surface area contributed by atoms with Crippen molar-refractivity contribution in [1.82, 2.24) is 4.98 Å². The normalized spacial score (nSPS) is 12.2. The van der Waals surface area contributed by atoms with Crippen LogP contribution in [0.25, 0.3) is 0 Å². The Labute approximate surface area is 123 Å². The van der Waals surface area contributed by atoms with Gasteiger partial charge in [-0.25, -0.2) is 4.98 Å². The summed E-state index contributed by atoms with van der Waals surface area (Å²) in [7, 11) is 1.65. The van der Waals surface area contributed by atoms with Crippen molar-refractivity contribution in [2.45, 2.75) is 19.9 Å². The lowest BCUT2D eigenvalue weighted by atomic mass is 10.2. The number of aryl methyl sites for hydroxylation is 1. The van der Waals surface area contributed by atoms with Crippen LogP contribution in [-0.2, 0) is 4.74 Å². The summed E-state index contributed by atoms with van der Waals surface area (Å²) in [4.78, 5) is 6.92. The van der Waals surface area contributed by atoms with Gasteiger partial charge in [0, 0.05) is 22.9 Å². The highest BCUT2D eigenvalue weighted by atomic mass is 32.1. The zero-order valence-corrected chi connectivity index (χ0v) is 12.9. The van der Waals surface area contributed by atoms with Crippen molar-refractivity contribution in [3.8, 4) is 5.88 Å². The number of nitrogens with one attached hydrogen (secondary N) is 1. The molecule has 4 nitrogen and oxygen atoms in total. The van der Waals surface area contributed by atoms with Crippen LogP contribution in [-0.4, -0.2) is 25.3 Å². The average Bonchev–Trinajstić information content (AvgIpc) is 2.88. The van der Waals surface area contributed by atoms with E-state index < -0.39 is 0 Å². The van der Waals surface area contributed by atoms with Gasteiger partial charge in [-0.05, 0) is 32.0 Å². The summed E-state index contributed by atoms with van der Waals surface area (Å²) < 4.78 is 10.4. The summed E-state index contributed by atoms with van der Waals surface area (Å²) in [6.07, 6.45) is 1.79. The Morgan fingerprint density at radius 3 is 2.70 bits per heavy atom. The predicted octanol–water partition coefficient (Wildman–Crippen LogP) is 3.65. The molecule has 1 unspecified atom stereocenters. The predicted molar refractivity (Wildman–Crippen MR) is 82.7 cm³/mol. The van der Waals surface area contributed by atoms with E-state index in [0.29, 0.717) is 19.1 Å². The summed E-state index contributed by atoms with van der Waals surface area (Å²) in [6, 6.07) is 8.42. The fraction of sp³-hybridized carbons (Fsp3) is 0.400. The van der Waals surface area contributed by atoms with Crippen molar-refractivity contribution in [3.05, 3.63) is 40.2 Å². The Balaban J connectivity index is 1.90. The van der Waals surface area contributed by atoms with Gasteiger partial charge in [-0.3, -0.25) is 0 Å². The van der Waals surface area contributed by atoms with Gasteiger partial charge in [0.05, 0.1) is 24.5 Å². The third-order valence-corrected chi connectivity index (χ3v) is 4.03. The lowest BCUT2D eigenvalue weighted by Gasteiger charge is -2.13. The molecule has 0 bridgehead atoms. The van der Waals surface area contributed by atoms with Crippen LogP contribution in [0.15, 0.2) is 30.5 Å². The first-order valence-corrected chi connectivity index (χ1v) is 7.41. The van der Waals surface area contributed by atoms with Crippen LogP contribution in [0.4, 0.5) is 5.69 Å². The van der Waals surface area contributed by atoms with Crippen molar-refractivity contribution < 1.29 is 9.47 Å². The Bertz CT molecular complexity index is 525. The number of hydrogen-bond donors (Lipinski definition) is 1. The number of rotatable bonds is 7. The highest BCUT2D eigenvalue weighted by Gasteiger charge is 2.07. The third kappa shape index (κ3) is 4.21. The minimum absolute atomic E-state index is 0.274. The van der Waals surface area contributed by atoms with Gasteiger partial charge in [0.2, 0.25) is 5.88 Å². The number of hydrogen-bond acceptors (Lipinski definition) is 5. The molecule has 0 aliphatic heterocycles. The van der Waals surface area contributed by atoms with E-state index in [2.05, 4.69) is 36.3 Å². The molecule has 0 aliphatic rings. The molecule has 0 aromatic carbocycles. The Hall–Kier alpha value is -1.59. The number of aromatic nitrogens is 1. The number of thiophene rings is 1. The lowest BCUT2D eigenvalue weighted by Crippen LogP contribution is -2.07. The van der Waals surface area contributed by atoms with Crippen molar-refractivity contribution >= 4 is 17.0 Å². The molecule has 2 heterocycles. The maximum Gasteiger partial charge on any atom is 0.213 e. The monoisotopic (exact) mass is 292 g/mol. The standard InChI is InChI=1S/C15H20N2O2S/c1-11-4-6-14(20-11)12(2)17-13-5-7-15(16-10-13)19-9-8-18-3/h4-7,10,12,17H,8-9H2,1-3H3. The van der Waals surface area contributed by atoms with Crippen molar-refractivity contribution in [3.63, 3.8) is 0 Å². The molecule has 0 saturated carbocycles. The Morgan fingerprint density at radius 2 is 2.10 bits per heavy atom. The van der Waals surface area contributed by atoms with Crippen LogP contribution in [0.5, 0.6) is 5.88 Å². The molecule has 2 rings (SSSR count). The minimum atomic E-state index is 0.274. The Morgan fingerprint density at radius 1 is 1.25 bits per heavy atom. The van der Waals surface area contributed by atoms with E-state index in [1.54, 1.807) is 13.3 Å². The quantitative estimate of drug-likeness (QED) is 0.791. The molecule has 0 aliphatic carbocycles. The summed E-state index contributed by atoms with van der Waals surface area (Å²) in [6.45, 7) is 5.35. The molecule has 1 atom stereocenters. The highest BCUT2D eigenvalue weighted by molar-refractivity contribution is 7.12. The van der Waals surface area contributed by atoms with Gasteiger partial charge in [-0.15, -0.1) is 11.3 Å².